The molecule has 5 nitrogen and oxygen atoms in total. The van der Waals surface area contributed by atoms with Crippen LogP contribution >= 0.6 is 0 Å². The molecule has 0 radical (unpaired) electrons. The molecule has 0 bridgehead atoms. The maximum atomic E-state index is 12.5. The van der Waals surface area contributed by atoms with Crippen molar-refractivity contribution in [1.29, 1.82) is 0 Å². The number of amides is 1. The standard InChI is InChI=1S/C16H23N3O2/c1-12-2-4-13(5-3-12)19(14-6-7-14)16(20)11-21-15-8-9-17-18-10-15/h8-10,12-14H,2-7,11H2,1H3. The van der Waals surface area contributed by atoms with Gasteiger partial charge in [0, 0.05) is 18.2 Å². The Morgan fingerprint density at radius 3 is 2.43 bits per heavy atom. The van der Waals surface area contributed by atoms with E-state index >= 15 is 0 Å². The molecule has 1 aromatic rings. The van der Waals surface area contributed by atoms with Crippen LogP contribution in [0.25, 0.3) is 0 Å². The number of rotatable bonds is 5. The first-order valence-electron chi connectivity index (χ1n) is 7.94. The lowest BCUT2D eigenvalue weighted by atomic mass is 9.86. The van der Waals surface area contributed by atoms with Gasteiger partial charge in [-0.1, -0.05) is 6.92 Å². The van der Waals surface area contributed by atoms with Crippen LogP contribution in [0.5, 0.6) is 5.75 Å². The minimum absolute atomic E-state index is 0.105. The molecule has 5 heteroatoms. The third-order valence-electron chi connectivity index (χ3n) is 4.53. The molecule has 1 amide bonds. The van der Waals surface area contributed by atoms with E-state index in [-0.39, 0.29) is 12.5 Å². The Bertz CT molecular complexity index is 468. The Morgan fingerprint density at radius 2 is 1.86 bits per heavy atom. The Labute approximate surface area is 125 Å². The van der Waals surface area contributed by atoms with E-state index in [9.17, 15) is 4.79 Å². The highest BCUT2D eigenvalue weighted by molar-refractivity contribution is 5.78. The third kappa shape index (κ3) is 3.71. The number of carbonyl (C=O) groups is 1. The molecule has 114 valence electrons. The van der Waals surface area contributed by atoms with Crippen molar-refractivity contribution in [2.75, 3.05) is 6.61 Å². The van der Waals surface area contributed by atoms with Gasteiger partial charge in [0.2, 0.25) is 0 Å². The van der Waals surface area contributed by atoms with Crippen molar-refractivity contribution >= 4 is 5.91 Å². The summed E-state index contributed by atoms with van der Waals surface area (Å²) >= 11 is 0. The van der Waals surface area contributed by atoms with Gasteiger partial charge in [0.15, 0.2) is 6.61 Å². The molecule has 1 aromatic heterocycles. The highest BCUT2D eigenvalue weighted by Crippen LogP contribution is 2.35. The fourth-order valence-electron chi connectivity index (χ4n) is 3.16. The van der Waals surface area contributed by atoms with Crippen LogP contribution in [0.1, 0.15) is 45.4 Å². The Balaban J connectivity index is 1.57. The zero-order chi connectivity index (χ0) is 14.7. The number of hydrogen-bond acceptors (Lipinski definition) is 4. The molecule has 0 N–H and O–H groups in total. The van der Waals surface area contributed by atoms with Gasteiger partial charge in [-0.3, -0.25) is 4.79 Å². The van der Waals surface area contributed by atoms with Crippen LogP contribution in [-0.4, -0.2) is 39.7 Å². The Morgan fingerprint density at radius 1 is 1.19 bits per heavy atom. The predicted molar refractivity (Wildman–Crippen MR) is 78.8 cm³/mol. The normalized spacial score (nSPS) is 25.4. The lowest BCUT2D eigenvalue weighted by Crippen LogP contribution is -2.45. The second-order valence-electron chi connectivity index (χ2n) is 6.31. The molecule has 2 saturated carbocycles. The van der Waals surface area contributed by atoms with Crippen LogP contribution < -0.4 is 4.74 Å². The molecule has 2 fully saturated rings. The fourth-order valence-corrected chi connectivity index (χ4v) is 3.16. The Hall–Kier alpha value is -1.65. The van der Waals surface area contributed by atoms with Gasteiger partial charge >= 0.3 is 0 Å². The van der Waals surface area contributed by atoms with E-state index in [1.54, 1.807) is 12.3 Å². The van der Waals surface area contributed by atoms with Crippen LogP contribution in [0, 0.1) is 5.92 Å². The van der Waals surface area contributed by atoms with Gasteiger partial charge in [-0.25, -0.2) is 0 Å². The first kappa shape index (κ1) is 14.3. The second kappa shape index (κ2) is 6.41. The minimum atomic E-state index is 0.105. The molecule has 1 heterocycles. The molecule has 3 rings (SSSR count). The van der Waals surface area contributed by atoms with E-state index in [0.29, 0.717) is 17.8 Å². The first-order valence-corrected chi connectivity index (χ1v) is 7.94. The monoisotopic (exact) mass is 289 g/mol. The quantitative estimate of drug-likeness (QED) is 0.835. The van der Waals surface area contributed by atoms with E-state index in [1.807, 2.05) is 0 Å². The van der Waals surface area contributed by atoms with Crippen LogP contribution in [0.15, 0.2) is 18.5 Å². The lowest BCUT2D eigenvalue weighted by molar-refractivity contribution is -0.137. The minimum Gasteiger partial charge on any atom is -0.482 e. The second-order valence-corrected chi connectivity index (χ2v) is 6.31. The lowest BCUT2D eigenvalue weighted by Gasteiger charge is -2.36. The molecule has 0 aromatic carbocycles. The maximum absolute atomic E-state index is 12.5. The van der Waals surface area contributed by atoms with Crippen molar-refractivity contribution < 1.29 is 9.53 Å². The van der Waals surface area contributed by atoms with Gasteiger partial charge < -0.3 is 9.64 Å². The van der Waals surface area contributed by atoms with Crippen LogP contribution in [0.3, 0.4) is 0 Å². The predicted octanol–water partition coefficient (Wildman–Crippen LogP) is 2.43. The summed E-state index contributed by atoms with van der Waals surface area (Å²) in [7, 11) is 0. The summed E-state index contributed by atoms with van der Waals surface area (Å²) in [5.74, 6) is 1.52. The molecule has 0 atom stereocenters. The molecule has 2 aliphatic rings. The van der Waals surface area contributed by atoms with Gasteiger partial charge in [-0.2, -0.15) is 10.2 Å². The average molecular weight is 289 g/mol. The molecule has 0 aliphatic heterocycles. The summed E-state index contributed by atoms with van der Waals surface area (Å²) in [6.45, 7) is 2.41. The molecular formula is C16H23N3O2. The average Bonchev–Trinajstić information content (AvgIpc) is 3.33. The summed E-state index contributed by atoms with van der Waals surface area (Å²) in [5, 5.41) is 7.45. The topological polar surface area (TPSA) is 55.3 Å². The van der Waals surface area contributed by atoms with Gasteiger partial charge in [0.25, 0.3) is 5.91 Å². The van der Waals surface area contributed by atoms with Crippen molar-refractivity contribution in [3.05, 3.63) is 18.5 Å². The molecule has 0 saturated heterocycles. The zero-order valence-corrected chi connectivity index (χ0v) is 12.6. The summed E-state index contributed by atoms with van der Waals surface area (Å²) < 4.78 is 5.54. The van der Waals surface area contributed by atoms with E-state index in [4.69, 9.17) is 4.74 Å². The number of carbonyl (C=O) groups excluding carboxylic acids is 1. The highest BCUT2D eigenvalue weighted by atomic mass is 16.5. The number of hydrogen-bond donors (Lipinski definition) is 0. The van der Waals surface area contributed by atoms with E-state index < -0.39 is 0 Å². The van der Waals surface area contributed by atoms with E-state index in [0.717, 1.165) is 31.6 Å². The molecule has 0 spiro atoms. The van der Waals surface area contributed by atoms with Crippen molar-refractivity contribution in [2.24, 2.45) is 5.92 Å². The van der Waals surface area contributed by atoms with E-state index in [2.05, 4.69) is 22.0 Å². The van der Waals surface area contributed by atoms with Crippen molar-refractivity contribution in [3.8, 4) is 5.75 Å². The molecule has 0 unspecified atom stereocenters. The van der Waals surface area contributed by atoms with Gasteiger partial charge in [-0.15, -0.1) is 0 Å². The van der Waals surface area contributed by atoms with Crippen molar-refractivity contribution in [3.63, 3.8) is 0 Å². The van der Waals surface area contributed by atoms with Crippen LogP contribution in [-0.2, 0) is 4.79 Å². The maximum Gasteiger partial charge on any atom is 0.261 e. The van der Waals surface area contributed by atoms with Crippen LogP contribution in [0.2, 0.25) is 0 Å². The fraction of sp³-hybridized carbons (Fsp3) is 0.688. The summed E-state index contributed by atoms with van der Waals surface area (Å²) in [4.78, 5) is 14.7. The third-order valence-corrected chi connectivity index (χ3v) is 4.53. The number of nitrogens with zero attached hydrogens (tertiary/aromatic N) is 3. The summed E-state index contributed by atoms with van der Waals surface area (Å²) in [6, 6.07) is 2.60. The molecular weight excluding hydrogens is 266 g/mol. The van der Waals surface area contributed by atoms with Crippen molar-refractivity contribution in [2.45, 2.75) is 57.5 Å². The van der Waals surface area contributed by atoms with Crippen LogP contribution in [0.4, 0.5) is 0 Å². The first-order chi connectivity index (χ1) is 10.2. The van der Waals surface area contributed by atoms with Gasteiger partial charge in [0.1, 0.15) is 5.75 Å². The number of aromatic nitrogens is 2. The van der Waals surface area contributed by atoms with Gasteiger partial charge in [-0.05, 0) is 44.4 Å². The molecule has 2 aliphatic carbocycles. The Kier molecular flexibility index (Phi) is 4.36. The summed E-state index contributed by atoms with van der Waals surface area (Å²) in [6.07, 6.45) is 10.1. The zero-order valence-electron chi connectivity index (χ0n) is 12.6. The van der Waals surface area contributed by atoms with Crippen molar-refractivity contribution in [1.82, 2.24) is 15.1 Å². The molecule has 21 heavy (non-hydrogen) atoms. The van der Waals surface area contributed by atoms with Gasteiger partial charge in [0.05, 0.1) is 12.4 Å². The SMILES string of the molecule is CC1CCC(N(C(=O)COc2ccnnc2)C2CC2)CC1. The number of ether oxygens (including phenoxy) is 1. The summed E-state index contributed by atoms with van der Waals surface area (Å²) in [5.41, 5.74) is 0. The largest absolute Gasteiger partial charge is 0.482 e. The van der Waals surface area contributed by atoms with E-state index in [1.165, 1.54) is 19.0 Å². The smallest absolute Gasteiger partial charge is 0.261 e. The highest BCUT2D eigenvalue weighted by Gasteiger charge is 2.38.